The Morgan fingerprint density at radius 1 is 1.18 bits per heavy atom. The molecule has 0 aliphatic heterocycles. The van der Waals surface area contributed by atoms with Gasteiger partial charge in [-0.2, -0.15) is 0 Å². The summed E-state index contributed by atoms with van der Waals surface area (Å²) in [5, 5.41) is 3.67. The second kappa shape index (κ2) is 8.45. The van der Waals surface area contributed by atoms with Crippen LogP contribution in [0.5, 0.6) is 5.75 Å². The van der Waals surface area contributed by atoms with Crippen LogP contribution in [0.15, 0.2) is 53.6 Å². The van der Waals surface area contributed by atoms with Gasteiger partial charge in [-0.3, -0.25) is 4.79 Å². The van der Waals surface area contributed by atoms with Crippen LogP contribution in [0.4, 0.5) is 5.69 Å². The van der Waals surface area contributed by atoms with E-state index in [9.17, 15) is 13.2 Å². The number of rotatable bonds is 8. The number of amides is 1. The van der Waals surface area contributed by atoms with E-state index in [1.807, 2.05) is 30.5 Å². The van der Waals surface area contributed by atoms with E-state index in [1.165, 1.54) is 13.0 Å². The van der Waals surface area contributed by atoms with Gasteiger partial charge in [0.05, 0.1) is 6.61 Å². The summed E-state index contributed by atoms with van der Waals surface area (Å²) in [6.45, 7) is 3.71. The number of sulfonamides is 1. The minimum atomic E-state index is -3.81. The number of aromatic amines is 1. The first-order valence-corrected chi connectivity index (χ1v) is 10.5. The van der Waals surface area contributed by atoms with Crippen LogP contribution in [-0.2, 0) is 21.2 Å². The summed E-state index contributed by atoms with van der Waals surface area (Å²) in [7, 11) is -3.81. The van der Waals surface area contributed by atoms with Gasteiger partial charge in [0.1, 0.15) is 10.6 Å². The molecule has 148 valence electrons. The van der Waals surface area contributed by atoms with Crippen molar-refractivity contribution < 1.29 is 17.9 Å². The summed E-state index contributed by atoms with van der Waals surface area (Å²) in [5.41, 5.74) is 2.45. The number of fused-ring (bicyclic) bond motifs is 1. The Labute approximate surface area is 164 Å². The number of anilines is 1. The van der Waals surface area contributed by atoms with Crippen molar-refractivity contribution in [2.75, 3.05) is 18.5 Å². The molecular formula is C20H23N3O4S. The summed E-state index contributed by atoms with van der Waals surface area (Å²) in [4.78, 5) is 14.5. The molecule has 3 N–H and O–H groups in total. The molecule has 0 saturated carbocycles. The van der Waals surface area contributed by atoms with Crippen LogP contribution in [0.2, 0.25) is 0 Å². The fourth-order valence-electron chi connectivity index (χ4n) is 3.01. The van der Waals surface area contributed by atoms with Gasteiger partial charge in [0, 0.05) is 36.3 Å². The summed E-state index contributed by atoms with van der Waals surface area (Å²) in [6, 6.07) is 12.4. The molecule has 1 amide bonds. The normalized spacial score (nSPS) is 11.5. The van der Waals surface area contributed by atoms with E-state index in [2.05, 4.69) is 15.0 Å². The van der Waals surface area contributed by atoms with Gasteiger partial charge < -0.3 is 15.0 Å². The number of aromatic nitrogens is 1. The molecule has 0 unspecified atom stereocenters. The molecule has 8 heteroatoms. The number of hydrogen-bond donors (Lipinski definition) is 3. The summed E-state index contributed by atoms with van der Waals surface area (Å²) in [6.07, 6.45) is 2.43. The van der Waals surface area contributed by atoms with Gasteiger partial charge in [-0.1, -0.05) is 18.2 Å². The summed E-state index contributed by atoms with van der Waals surface area (Å²) >= 11 is 0. The Morgan fingerprint density at radius 3 is 2.71 bits per heavy atom. The monoisotopic (exact) mass is 401 g/mol. The predicted octanol–water partition coefficient (Wildman–Crippen LogP) is 3.05. The molecule has 1 aromatic heterocycles. The lowest BCUT2D eigenvalue weighted by Gasteiger charge is -2.13. The molecule has 0 bridgehead atoms. The highest BCUT2D eigenvalue weighted by atomic mass is 32.2. The average Bonchev–Trinajstić information content (AvgIpc) is 3.06. The van der Waals surface area contributed by atoms with E-state index < -0.39 is 10.0 Å². The maximum atomic E-state index is 12.8. The highest BCUT2D eigenvalue weighted by molar-refractivity contribution is 7.89. The SMILES string of the molecule is CCOc1ccc(NC(C)=O)cc1S(=O)(=O)NCCc1c[nH]c2ccccc12. The molecule has 0 spiro atoms. The Hall–Kier alpha value is -2.84. The van der Waals surface area contributed by atoms with Crippen LogP contribution in [0.25, 0.3) is 10.9 Å². The van der Waals surface area contributed by atoms with Crippen molar-refractivity contribution in [1.82, 2.24) is 9.71 Å². The highest BCUT2D eigenvalue weighted by Gasteiger charge is 2.20. The molecule has 2 aromatic carbocycles. The van der Waals surface area contributed by atoms with Gasteiger partial charge in [-0.25, -0.2) is 13.1 Å². The third kappa shape index (κ3) is 4.52. The Bertz CT molecular complexity index is 1090. The third-order valence-electron chi connectivity index (χ3n) is 4.21. The van der Waals surface area contributed by atoms with Gasteiger partial charge in [0.25, 0.3) is 0 Å². The average molecular weight is 401 g/mol. The van der Waals surface area contributed by atoms with E-state index in [-0.39, 0.29) is 23.1 Å². The smallest absolute Gasteiger partial charge is 0.244 e. The van der Waals surface area contributed by atoms with Crippen LogP contribution < -0.4 is 14.8 Å². The van der Waals surface area contributed by atoms with E-state index in [0.29, 0.717) is 18.7 Å². The molecule has 0 radical (unpaired) electrons. The largest absolute Gasteiger partial charge is 0.492 e. The van der Waals surface area contributed by atoms with Crippen LogP contribution in [0.1, 0.15) is 19.4 Å². The summed E-state index contributed by atoms with van der Waals surface area (Å²) in [5.74, 6) is -0.0315. The second-order valence-corrected chi connectivity index (χ2v) is 8.02. The van der Waals surface area contributed by atoms with Gasteiger partial charge in [-0.05, 0) is 43.2 Å². The molecule has 0 saturated heterocycles. The molecular weight excluding hydrogens is 378 g/mol. The zero-order valence-electron chi connectivity index (χ0n) is 15.8. The van der Waals surface area contributed by atoms with Crippen LogP contribution >= 0.6 is 0 Å². The fraction of sp³-hybridized carbons (Fsp3) is 0.250. The lowest BCUT2D eigenvalue weighted by Crippen LogP contribution is -2.26. The van der Waals surface area contributed by atoms with Crippen molar-refractivity contribution in [2.24, 2.45) is 0 Å². The standard InChI is InChI=1S/C20H23N3O4S/c1-3-27-19-9-8-16(23-14(2)24)12-20(19)28(25,26)22-11-10-15-13-21-18-7-5-4-6-17(15)18/h4-9,12-13,21-22H,3,10-11H2,1-2H3,(H,23,24). The van der Waals surface area contributed by atoms with E-state index in [0.717, 1.165) is 16.5 Å². The number of para-hydroxylation sites is 1. The number of carbonyl (C=O) groups excluding carboxylic acids is 1. The summed E-state index contributed by atoms with van der Waals surface area (Å²) < 4.78 is 33.8. The maximum Gasteiger partial charge on any atom is 0.244 e. The first-order valence-electron chi connectivity index (χ1n) is 9.00. The van der Waals surface area contributed by atoms with Crippen molar-refractivity contribution in [3.8, 4) is 5.75 Å². The molecule has 1 heterocycles. The van der Waals surface area contributed by atoms with Gasteiger partial charge >= 0.3 is 0 Å². The number of carbonyl (C=O) groups is 1. The van der Waals surface area contributed by atoms with Crippen molar-refractivity contribution in [3.63, 3.8) is 0 Å². The maximum absolute atomic E-state index is 12.8. The van der Waals surface area contributed by atoms with Crippen molar-refractivity contribution >= 4 is 32.5 Å². The molecule has 7 nitrogen and oxygen atoms in total. The van der Waals surface area contributed by atoms with Crippen LogP contribution in [-0.4, -0.2) is 32.5 Å². The minimum Gasteiger partial charge on any atom is -0.492 e. The molecule has 3 rings (SSSR count). The molecule has 0 aliphatic rings. The lowest BCUT2D eigenvalue weighted by molar-refractivity contribution is -0.114. The third-order valence-corrected chi connectivity index (χ3v) is 5.70. The molecule has 28 heavy (non-hydrogen) atoms. The predicted molar refractivity (Wildman–Crippen MR) is 109 cm³/mol. The molecule has 0 aliphatic carbocycles. The highest BCUT2D eigenvalue weighted by Crippen LogP contribution is 2.27. The van der Waals surface area contributed by atoms with Gasteiger partial charge in [0.2, 0.25) is 15.9 Å². The first kappa shape index (κ1) is 19.9. The number of hydrogen-bond acceptors (Lipinski definition) is 4. The first-order chi connectivity index (χ1) is 13.4. The number of nitrogens with one attached hydrogen (secondary N) is 3. The second-order valence-electron chi connectivity index (χ2n) is 6.28. The zero-order valence-corrected chi connectivity index (χ0v) is 16.6. The van der Waals surface area contributed by atoms with E-state index in [1.54, 1.807) is 19.1 Å². The Morgan fingerprint density at radius 2 is 1.96 bits per heavy atom. The Balaban J connectivity index is 1.78. The number of H-pyrrole nitrogens is 1. The van der Waals surface area contributed by atoms with E-state index >= 15 is 0 Å². The molecule has 0 atom stereocenters. The van der Waals surface area contributed by atoms with Crippen LogP contribution in [0, 0.1) is 0 Å². The van der Waals surface area contributed by atoms with E-state index in [4.69, 9.17) is 4.74 Å². The Kier molecular flexibility index (Phi) is 6.01. The van der Waals surface area contributed by atoms with Crippen LogP contribution in [0.3, 0.4) is 0 Å². The fourth-order valence-corrected chi connectivity index (χ4v) is 4.21. The topological polar surface area (TPSA) is 100 Å². The van der Waals surface area contributed by atoms with Crippen molar-refractivity contribution in [2.45, 2.75) is 25.2 Å². The van der Waals surface area contributed by atoms with Gasteiger partial charge in [0.15, 0.2) is 0 Å². The van der Waals surface area contributed by atoms with Gasteiger partial charge in [-0.15, -0.1) is 0 Å². The van der Waals surface area contributed by atoms with Crippen molar-refractivity contribution in [1.29, 1.82) is 0 Å². The zero-order chi connectivity index (χ0) is 20.1. The quantitative estimate of drug-likeness (QED) is 0.540. The minimum absolute atomic E-state index is 0.000438. The molecule has 3 aromatic rings. The lowest BCUT2D eigenvalue weighted by atomic mass is 10.1. The van der Waals surface area contributed by atoms with Crippen molar-refractivity contribution in [3.05, 3.63) is 54.2 Å². The molecule has 0 fully saturated rings. The number of ether oxygens (including phenoxy) is 1. The number of benzene rings is 2.